The average Bonchev–Trinajstić information content (AvgIpc) is 2.86. The molecule has 3 saturated heterocycles. The summed E-state index contributed by atoms with van der Waals surface area (Å²) in [7, 11) is -4.85. The van der Waals surface area contributed by atoms with Gasteiger partial charge < -0.3 is 10.2 Å². The van der Waals surface area contributed by atoms with Crippen LogP contribution in [0.15, 0.2) is 0 Å². The molecule has 3 rings (SSSR count). The van der Waals surface area contributed by atoms with E-state index in [2.05, 4.69) is 15.1 Å². The fourth-order valence-corrected chi connectivity index (χ4v) is 4.31. The van der Waals surface area contributed by atoms with E-state index in [0.29, 0.717) is 18.1 Å². The van der Waals surface area contributed by atoms with E-state index in [0.717, 1.165) is 25.8 Å². The van der Waals surface area contributed by atoms with Crippen molar-refractivity contribution in [2.45, 2.75) is 57.7 Å². The number of hydrogen-bond acceptors (Lipinski definition) is 7. The number of amides is 3. The summed E-state index contributed by atoms with van der Waals surface area (Å²) in [5, 5.41) is 3.94. The summed E-state index contributed by atoms with van der Waals surface area (Å²) in [5.74, 6) is -0.473. The molecule has 3 aliphatic heterocycles. The SMILES string of the molecule is CC1(C)C[C@@H](C(=O)NOCC2CCCCN2)N2C[C@@H]1N(OS(=O)(=O)O)C2=O. The zero-order valence-electron chi connectivity index (χ0n) is 15.4. The highest BCUT2D eigenvalue weighted by Crippen LogP contribution is 2.42. The lowest BCUT2D eigenvalue weighted by Crippen LogP contribution is -2.55. The van der Waals surface area contributed by atoms with Crippen LogP contribution in [0.2, 0.25) is 0 Å². The van der Waals surface area contributed by atoms with E-state index in [9.17, 15) is 18.0 Å². The van der Waals surface area contributed by atoms with Crippen LogP contribution >= 0.6 is 0 Å². The van der Waals surface area contributed by atoms with Crippen LogP contribution < -0.4 is 10.8 Å². The molecule has 12 heteroatoms. The Morgan fingerprint density at radius 1 is 1.41 bits per heavy atom. The van der Waals surface area contributed by atoms with Gasteiger partial charge in [0.25, 0.3) is 5.91 Å². The molecule has 0 aromatic carbocycles. The molecule has 3 N–H and O–H groups in total. The minimum absolute atomic E-state index is 0.115. The predicted molar refractivity (Wildman–Crippen MR) is 92.3 cm³/mol. The molecule has 154 valence electrons. The first kappa shape index (κ1) is 20.3. The Morgan fingerprint density at radius 3 is 2.78 bits per heavy atom. The molecular weight excluding hydrogens is 380 g/mol. The van der Waals surface area contributed by atoms with Gasteiger partial charge in [0, 0.05) is 12.6 Å². The number of urea groups is 1. The summed E-state index contributed by atoms with van der Waals surface area (Å²) < 4.78 is 35.5. The van der Waals surface area contributed by atoms with Gasteiger partial charge in [0.05, 0.1) is 12.6 Å². The van der Waals surface area contributed by atoms with Gasteiger partial charge in [-0.3, -0.25) is 14.2 Å². The molecule has 3 atom stereocenters. The summed E-state index contributed by atoms with van der Waals surface area (Å²) in [6.45, 7) is 4.98. The summed E-state index contributed by atoms with van der Waals surface area (Å²) >= 11 is 0. The van der Waals surface area contributed by atoms with E-state index in [1.54, 1.807) is 13.8 Å². The van der Waals surface area contributed by atoms with Gasteiger partial charge in [0.15, 0.2) is 0 Å². The van der Waals surface area contributed by atoms with Crippen molar-refractivity contribution in [3.8, 4) is 0 Å². The Labute approximate surface area is 158 Å². The highest BCUT2D eigenvalue weighted by atomic mass is 32.3. The average molecular weight is 406 g/mol. The number of carbonyl (C=O) groups is 2. The Kier molecular flexibility index (Phi) is 5.64. The third-order valence-electron chi connectivity index (χ3n) is 5.43. The lowest BCUT2D eigenvalue weighted by atomic mass is 9.76. The minimum atomic E-state index is -4.85. The van der Waals surface area contributed by atoms with Gasteiger partial charge in [0.2, 0.25) is 0 Å². The van der Waals surface area contributed by atoms with E-state index in [4.69, 9.17) is 9.39 Å². The summed E-state index contributed by atoms with van der Waals surface area (Å²) in [6.07, 6.45) is 3.51. The van der Waals surface area contributed by atoms with E-state index in [1.165, 1.54) is 4.90 Å². The van der Waals surface area contributed by atoms with E-state index >= 15 is 0 Å². The fraction of sp³-hybridized carbons (Fsp3) is 0.867. The van der Waals surface area contributed by atoms with Crippen molar-refractivity contribution in [1.29, 1.82) is 0 Å². The van der Waals surface area contributed by atoms with Crippen LogP contribution in [0.1, 0.15) is 39.5 Å². The number of nitrogens with one attached hydrogen (secondary N) is 2. The van der Waals surface area contributed by atoms with Gasteiger partial charge in [0.1, 0.15) is 6.04 Å². The second-order valence-corrected chi connectivity index (χ2v) is 8.92. The first-order chi connectivity index (χ1) is 12.6. The normalized spacial score (nSPS) is 30.5. The van der Waals surface area contributed by atoms with Crippen LogP contribution in [-0.2, 0) is 24.3 Å². The van der Waals surface area contributed by atoms with Gasteiger partial charge in [-0.2, -0.15) is 13.5 Å². The Balaban J connectivity index is 1.62. The molecule has 3 aliphatic rings. The number of carbonyl (C=O) groups excluding carboxylic acids is 2. The molecule has 0 saturated carbocycles. The Bertz CT molecular complexity index is 692. The molecule has 27 heavy (non-hydrogen) atoms. The molecular formula is C15H26N4O7S. The number of nitrogens with zero attached hydrogens (tertiary/aromatic N) is 2. The maximum Gasteiger partial charge on any atom is 0.418 e. The van der Waals surface area contributed by atoms with Crippen molar-refractivity contribution in [3.05, 3.63) is 0 Å². The van der Waals surface area contributed by atoms with Gasteiger partial charge in [-0.25, -0.2) is 10.3 Å². The largest absolute Gasteiger partial charge is 0.418 e. The molecule has 0 aromatic heterocycles. The number of piperidine rings is 2. The topological polar surface area (TPSA) is 138 Å². The molecule has 11 nitrogen and oxygen atoms in total. The second kappa shape index (κ2) is 7.51. The highest BCUT2D eigenvalue weighted by Gasteiger charge is 2.56. The first-order valence-corrected chi connectivity index (χ1v) is 10.4. The molecule has 1 unspecified atom stereocenters. The molecule has 2 bridgehead atoms. The molecule has 0 radical (unpaired) electrons. The van der Waals surface area contributed by atoms with Gasteiger partial charge in [-0.05, 0) is 31.2 Å². The molecule has 0 spiro atoms. The fourth-order valence-electron chi connectivity index (χ4n) is 3.94. The second-order valence-electron chi connectivity index (χ2n) is 7.91. The smallest absolute Gasteiger partial charge is 0.312 e. The van der Waals surface area contributed by atoms with Crippen LogP contribution in [0.5, 0.6) is 0 Å². The maximum absolute atomic E-state index is 12.6. The van der Waals surface area contributed by atoms with Crippen LogP contribution in [0.4, 0.5) is 4.79 Å². The summed E-state index contributed by atoms with van der Waals surface area (Å²) in [6, 6.07) is -2.03. The van der Waals surface area contributed by atoms with Crippen molar-refractivity contribution >= 4 is 22.3 Å². The van der Waals surface area contributed by atoms with Gasteiger partial charge in [-0.15, -0.1) is 4.28 Å². The van der Waals surface area contributed by atoms with Crippen LogP contribution in [0.25, 0.3) is 0 Å². The lowest BCUT2D eigenvalue weighted by Gasteiger charge is -2.40. The number of rotatable bonds is 6. The van der Waals surface area contributed by atoms with Crippen molar-refractivity contribution in [2.75, 3.05) is 19.7 Å². The highest BCUT2D eigenvalue weighted by molar-refractivity contribution is 7.80. The van der Waals surface area contributed by atoms with Crippen molar-refractivity contribution in [3.63, 3.8) is 0 Å². The van der Waals surface area contributed by atoms with Crippen molar-refractivity contribution in [1.82, 2.24) is 20.8 Å². The number of hydrogen-bond donors (Lipinski definition) is 3. The van der Waals surface area contributed by atoms with Crippen LogP contribution in [0, 0.1) is 5.41 Å². The Hall–Kier alpha value is -1.47. The summed E-state index contributed by atoms with van der Waals surface area (Å²) in [5.41, 5.74) is 1.79. The number of hydroxylamine groups is 3. The number of fused-ring (bicyclic) bond motifs is 2. The Morgan fingerprint density at radius 2 is 2.15 bits per heavy atom. The molecule has 3 amide bonds. The lowest BCUT2D eigenvalue weighted by molar-refractivity contribution is -0.141. The standard InChI is InChI=1S/C15H26N4O7S/c1-15(2)7-11(13(20)17-25-9-10-5-3-4-6-16-10)18-8-12(15)19(14(18)21)26-27(22,23)24/h10-12,16H,3-9H2,1-2H3,(H,17,20)(H,22,23,24)/t10?,11-,12-/m0/s1. The zero-order valence-corrected chi connectivity index (χ0v) is 16.2. The third-order valence-corrected chi connectivity index (χ3v) is 5.78. The van der Waals surface area contributed by atoms with Crippen molar-refractivity contribution < 1.29 is 31.7 Å². The predicted octanol–water partition coefficient (Wildman–Crippen LogP) is -0.185. The van der Waals surface area contributed by atoms with Crippen LogP contribution in [0.3, 0.4) is 0 Å². The van der Waals surface area contributed by atoms with E-state index < -0.39 is 39.8 Å². The molecule has 0 aromatic rings. The van der Waals surface area contributed by atoms with Gasteiger partial charge >= 0.3 is 16.4 Å². The molecule has 3 fully saturated rings. The third kappa shape index (κ3) is 4.51. The minimum Gasteiger partial charge on any atom is -0.312 e. The monoisotopic (exact) mass is 406 g/mol. The van der Waals surface area contributed by atoms with Crippen LogP contribution in [-0.4, -0.2) is 72.7 Å². The summed E-state index contributed by atoms with van der Waals surface area (Å²) in [4.78, 5) is 31.6. The van der Waals surface area contributed by atoms with Gasteiger partial charge in [-0.1, -0.05) is 20.3 Å². The molecule has 3 heterocycles. The molecule has 0 aliphatic carbocycles. The quantitative estimate of drug-likeness (QED) is 0.408. The van der Waals surface area contributed by atoms with Crippen molar-refractivity contribution in [2.24, 2.45) is 5.41 Å². The van der Waals surface area contributed by atoms with E-state index in [-0.39, 0.29) is 12.6 Å². The zero-order chi connectivity index (χ0) is 19.8. The van der Waals surface area contributed by atoms with E-state index in [1.807, 2.05) is 0 Å². The first-order valence-electron chi connectivity index (χ1n) is 9.00. The maximum atomic E-state index is 12.6.